The molecule has 0 aromatic heterocycles. The standard InChI is InChI=1S/C18H27NO2/c1-20-11-12-21-18-8-3-2-6-17(18)16-7-4-5-14(16)13-19-15-9-10-15/h2-3,6,8,14-16,19H,4-5,7,9-13H2,1H3. The predicted octanol–water partition coefficient (Wildman–Crippen LogP) is 3.35. The highest BCUT2D eigenvalue weighted by Gasteiger charge is 2.32. The van der Waals surface area contributed by atoms with Crippen LogP contribution in [0.1, 0.15) is 43.6 Å². The summed E-state index contributed by atoms with van der Waals surface area (Å²) < 4.78 is 11.0. The topological polar surface area (TPSA) is 30.5 Å². The van der Waals surface area contributed by atoms with Gasteiger partial charge in [0.25, 0.3) is 0 Å². The second-order valence-electron chi connectivity index (χ2n) is 6.36. The van der Waals surface area contributed by atoms with Gasteiger partial charge in [0.15, 0.2) is 0 Å². The molecule has 0 spiro atoms. The number of benzene rings is 1. The third-order valence-corrected chi connectivity index (χ3v) is 4.77. The molecule has 2 aliphatic rings. The van der Waals surface area contributed by atoms with Gasteiger partial charge in [-0.3, -0.25) is 0 Å². The van der Waals surface area contributed by atoms with E-state index in [4.69, 9.17) is 9.47 Å². The summed E-state index contributed by atoms with van der Waals surface area (Å²) in [7, 11) is 1.71. The van der Waals surface area contributed by atoms with E-state index in [-0.39, 0.29) is 0 Å². The average molecular weight is 289 g/mol. The molecule has 0 bridgehead atoms. The first kappa shape index (κ1) is 14.9. The van der Waals surface area contributed by atoms with Crippen molar-refractivity contribution in [2.24, 2.45) is 5.92 Å². The Balaban J connectivity index is 1.65. The van der Waals surface area contributed by atoms with Crippen molar-refractivity contribution in [2.75, 3.05) is 26.9 Å². The number of ether oxygens (including phenoxy) is 2. The van der Waals surface area contributed by atoms with Crippen molar-refractivity contribution in [3.8, 4) is 5.75 Å². The van der Waals surface area contributed by atoms with Crippen LogP contribution in [0.3, 0.4) is 0 Å². The largest absolute Gasteiger partial charge is 0.491 e. The summed E-state index contributed by atoms with van der Waals surface area (Å²) in [6.45, 7) is 2.44. The summed E-state index contributed by atoms with van der Waals surface area (Å²) in [5, 5.41) is 3.71. The molecular weight excluding hydrogens is 262 g/mol. The molecule has 2 aliphatic carbocycles. The summed E-state index contributed by atoms with van der Waals surface area (Å²) in [5.74, 6) is 2.46. The molecule has 0 heterocycles. The van der Waals surface area contributed by atoms with E-state index < -0.39 is 0 Å². The number of hydrogen-bond acceptors (Lipinski definition) is 3. The summed E-state index contributed by atoms with van der Waals surface area (Å²) in [6.07, 6.45) is 6.72. The van der Waals surface area contributed by atoms with Gasteiger partial charge in [-0.1, -0.05) is 24.6 Å². The van der Waals surface area contributed by atoms with Crippen LogP contribution in [0.25, 0.3) is 0 Å². The van der Waals surface area contributed by atoms with E-state index >= 15 is 0 Å². The lowest BCUT2D eigenvalue weighted by atomic mass is 9.88. The SMILES string of the molecule is COCCOc1ccccc1C1CCCC1CNC1CC1. The Bertz CT molecular complexity index is 445. The van der Waals surface area contributed by atoms with Crippen LogP contribution in [0.2, 0.25) is 0 Å². The molecule has 2 unspecified atom stereocenters. The van der Waals surface area contributed by atoms with Crippen LogP contribution in [0.15, 0.2) is 24.3 Å². The first-order chi connectivity index (χ1) is 10.4. The Hall–Kier alpha value is -1.06. The number of para-hydroxylation sites is 1. The predicted molar refractivity (Wildman–Crippen MR) is 84.9 cm³/mol. The number of rotatable bonds is 8. The molecule has 3 nitrogen and oxygen atoms in total. The number of nitrogens with one attached hydrogen (secondary N) is 1. The molecule has 3 heteroatoms. The van der Waals surface area contributed by atoms with Gasteiger partial charge in [0.2, 0.25) is 0 Å². The van der Waals surface area contributed by atoms with Crippen LogP contribution >= 0.6 is 0 Å². The van der Waals surface area contributed by atoms with E-state index in [1.807, 2.05) is 0 Å². The van der Waals surface area contributed by atoms with Crippen molar-refractivity contribution in [3.05, 3.63) is 29.8 Å². The molecule has 116 valence electrons. The fraction of sp³-hybridized carbons (Fsp3) is 0.667. The Morgan fingerprint density at radius 2 is 1.95 bits per heavy atom. The maximum Gasteiger partial charge on any atom is 0.122 e. The maximum absolute atomic E-state index is 5.93. The van der Waals surface area contributed by atoms with Crippen LogP contribution < -0.4 is 10.1 Å². The zero-order chi connectivity index (χ0) is 14.5. The Labute approximate surface area is 128 Å². The van der Waals surface area contributed by atoms with Crippen molar-refractivity contribution < 1.29 is 9.47 Å². The van der Waals surface area contributed by atoms with E-state index in [9.17, 15) is 0 Å². The molecule has 2 fully saturated rings. The molecule has 1 aromatic carbocycles. The summed E-state index contributed by atoms with van der Waals surface area (Å²) in [6, 6.07) is 9.37. The van der Waals surface area contributed by atoms with Gasteiger partial charge >= 0.3 is 0 Å². The number of hydrogen-bond donors (Lipinski definition) is 1. The zero-order valence-corrected chi connectivity index (χ0v) is 13.0. The molecule has 0 amide bonds. The zero-order valence-electron chi connectivity index (χ0n) is 13.0. The van der Waals surface area contributed by atoms with E-state index in [0.717, 1.165) is 17.7 Å². The van der Waals surface area contributed by atoms with Crippen LogP contribution in [0.4, 0.5) is 0 Å². The van der Waals surface area contributed by atoms with Gasteiger partial charge in [-0.05, 0) is 55.7 Å². The first-order valence-electron chi connectivity index (χ1n) is 8.32. The van der Waals surface area contributed by atoms with Gasteiger partial charge in [0, 0.05) is 13.2 Å². The molecule has 2 atom stereocenters. The normalized spacial score (nSPS) is 25.2. The van der Waals surface area contributed by atoms with Crippen molar-refractivity contribution >= 4 is 0 Å². The van der Waals surface area contributed by atoms with Gasteiger partial charge in [-0.2, -0.15) is 0 Å². The van der Waals surface area contributed by atoms with Crippen molar-refractivity contribution in [2.45, 2.75) is 44.1 Å². The van der Waals surface area contributed by atoms with Crippen molar-refractivity contribution in [1.29, 1.82) is 0 Å². The van der Waals surface area contributed by atoms with Gasteiger partial charge in [0.1, 0.15) is 12.4 Å². The summed E-state index contributed by atoms with van der Waals surface area (Å²) in [4.78, 5) is 0. The Morgan fingerprint density at radius 3 is 2.76 bits per heavy atom. The highest BCUT2D eigenvalue weighted by molar-refractivity contribution is 5.37. The van der Waals surface area contributed by atoms with Crippen LogP contribution in [-0.2, 0) is 4.74 Å². The molecule has 1 N–H and O–H groups in total. The summed E-state index contributed by atoms with van der Waals surface area (Å²) in [5.41, 5.74) is 1.40. The molecule has 1 aromatic rings. The molecule has 2 saturated carbocycles. The van der Waals surface area contributed by atoms with Crippen molar-refractivity contribution in [3.63, 3.8) is 0 Å². The third-order valence-electron chi connectivity index (χ3n) is 4.77. The minimum absolute atomic E-state index is 0.630. The summed E-state index contributed by atoms with van der Waals surface area (Å²) >= 11 is 0. The second-order valence-corrected chi connectivity index (χ2v) is 6.36. The smallest absolute Gasteiger partial charge is 0.122 e. The highest BCUT2D eigenvalue weighted by Crippen LogP contribution is 2.43. The van der Waals surface area contributed by atoms with Gasteiger partial charge < -0.3 is 14.8 Å². The monoisotopic (exact) mass is 289 g/mol. The van der Waals surface area contributed by atoms with E-state index in [0.29, 0.717) is 19.1 Å². The lowest BCUT2D eigenvalue weighted by molar-refractivity contribution is 0.145. The minimum Gasteiger partial charge on any atom is -0.491 e. The lowest BCUT2D eigenvalue weighted by Gasteiger charge is -2.23. The molecule has 0 radical (unpaired) electrons. The molecule has 0 aliphatic heterocycles. The van der Waals surface area contributed by atoms with E-state index in [1.165, 1.54) is 44.2 Å². The van der Waals surface area contributed by atoms with Gasteiger partial charge in [0.05, 0.1) is 6.61 Å². The highest BCUT2D eigenvalue weighted by atomic mass is 16.5. The average Bonchev–Trinajstić information content (AvgIpc) is 3.23. The quantitative estimate of drug-likeness (QED) is 0.745. The molecule has 0 saturated heterocycles. The maximum atomic E-state index is 5.93. The molecular formula is C18H27NO2. The van der Waals surface area contributed by atoms with Gasteiger partial charge in [-0.15, -0.1) is 0 Å². The minimum atomic E-state index is 0.630. The Morgan fingerprint density at radius 1 is 1.10 bits per heavy atom. The van der Waals surface area contributed by atoms with Crippen LogP contribution in [0.5, 0.6) is 5.75 Å². The van der Waals surface area contributed by atoms with E-state index in [2.05, 4.69) is 29.6 Å². The van der Waals surface area contributed by atoms with E-state index in [1.54, 1.807) is 7.11 Å². The fourth-order valence-corrected chi connectivity index (χ4v) is 3.45. The first-order valence-corrected chi connectivity index (χ1v) is 8.32. The lowest BCUT2D eigenvalue weighted by Crippen LogP contribution is -2.26. The second kappa shape index (κ2) is 7.28. The third kappa shape index (κ3) is 3.98. The Kier molecular flexibility index (Phi) is 5.15. The number of methoxy groups -OCH3 is 1. The van der Waals surface area contributed by atoms with Gasteiger partial charge in [-0.25, -0.2) is 0 Å². The molecule has 3 rings (SSSR count). The molecule has 21 heavy (non-hydrogen) atoms. The fourth-order valence-electron chi connectivity index (χ4n) is 3.45. The van der Waals surface area contributed by atoms with Crippen LogP contribution in [-0.4, -0.2) is 32.9 Å². The van der Waals surface area contributed by atoms with Crippen molar-refractivity contribution in [1.82, 2.24) is 5.32 Å². The van der Waals surface area contributed by atoms with Crippen LogP contribution in [0, 0.1) is 5.92 Å².